The van der Waals surface area contributed by atoms with Crippen LogP contribution in [0.4, 0.5) is 5.13 Å². The molecule has 1 aliphatic heterocycles. The average molecular weight is 439 g/mol. The lowest BCUT2D eigenvalue weighted by Crippen LogP contribution is -2.37. The van der Waals surface area contributed by atoms with Gasteiger partial charge in [-0.15, -0.1) is 10.2 Å². The van der Waals surface area contributed by atoms with Gasteiger partial charge in [0, 0.05) is 18.2 Å². The molecule has 1 aromatic heterocycles. The maximum absolute atomic E-state index is 12.7. The summed E-state index contributed by atoms with van der Waals surface area (Å²) in [6.45, 7) is 4.97. The van der Waals surface area contributed by atoms with Crippen LogP contribution in [0.5, 0.6) is 0 Å². The molecule has 0 aliphatic carbocycles. The van der Waals surface area contributed by atoms with Crippen molar-refractivity contribution in [2.75, 3.05) is 18.4 Å². The van der Waals surface area contributed by atoms with Gasteiger partial charge in [-0.25, -0.2) is 0 Å². The molecule has 1 amide bonds. The van der Waals surface area contributed by atoms with E-state index in [0.717, 1.165) is 42.6 Å². The molecule has 30 heavy (non-hydrogen) atoms. The average Bonchev–Trinajstić information content (AvgIpc) is 3.21. The lowest BCUT2D eigenvalue weighted by atomic mass is 9.95. The number of amides is 1. The van der Waals surface area contributed by atoms with Gasteiger partial charge in [-0.3, -0.25) is 9.69 Å². The number of likely N-dealkylation sites (tertiary alicyclic amines) is 1. The van der Waals surface area contributed by atoms with Crippen molar-refractivity contribution < 1.29 is 4.79 Å². The Hall–Kier alpha value is -2.22. The zero-order valence-corrected chi connectivity index (χ0v) is 18.7. The molecule has 0 unspecified atom stereocenters. The Balaban J connectivity index is 1.22. The molecule has 0 radical (unpaired) electrons. The van der Waals surface area contributed by atoms with Gasteiger partial charge in [0.2, 0.25) is 11.0 Å². The highest BCUT2D eigenvalue weighted by atomic mass is 32.2. The number of nitrogens with one attached hydrogen (secondary N) is 1. The van der Waals surface area contributed by atoms with Gasteiger partial charge < -0.3 is 5.32 Å². The van der Waals surface area contributed by atoms with E-state index in [9.17, 15) is 4.79 Å². The highest BCUT2D eigenvalue weighted by Crippen LogP contribution is 2.29. The van der Waals surface area contributed by atoms with Gasteiger partial charge in [0.05, 0.1) is 0 Å². The van der Waals surface area contributed by atoms with Crippen LogP contribution in [-0.2, 0) is 17.1 Å². The molecule has 7 heteroatoms. The van der Waals surface area contributed by atoms with Crippen molar-refractivity contribution in [1.29, 1.82) is 0 Å². The number of hydrogen-bond acceptors (Lipinski definition) is 6. The summed E-state index contributed by atoms with van der Waals surface area (Å²) in [5, 5.41) is 11.9. The molecule has 0 spiro atoms. The summed E-state index contributed by atoms with van der Waals surface area (Å²) in [4.78, 5) is 15.1. The summed E-state index contributed by atoms with van der Waals surface area (Å²) >= 11 is 3.09. The number of anilines is 1. The quantitative estimate of drug-likeness (QED) is 0.416. The zero-order valence-electron chi connectivity index (χ0n) is 17.1. The molecule has 4 rings (SSSR count). The standard InChI is InChI=1S/C23H26N4OS2/c1-17-6-5-9-19(14-17)15-27-12-10-20(11-13-27)21(28)24-22-25-26-23(30-22)29-16-18-7-3-2-4-8-18/h2-9,14,20H,10-13,15-16H2,1H3,(H,24,25,28). The van der Waals surface area contributed by atoms with Crippen LogP contribution in [0.15, 0.2) is 58.9 Å². The fourth-order valence-corrected chi connectivity index (χ4v) is 5.38. The molecule has 1 N–H and O–H groups in total. The molecule has 1 saturated heterocycles. The summed E-state index contributed by atoms with van der Waals surface area (Å²) in [6, 6.07) is 18.9. The van der Waals surface area contributed by atoms with E-state index in [-0.39, 0.29) is 11.8 Å². The van der Waals surface area contributed by atoms with E-state index in [1.165, 1.54) is 28.0 Å². The van der Waals surface area contributed by atoms with Crippen molar-refractivity contribution in [1.82, 2.24) is 15.1 Å². The van der Waals surface area contributed by atoms with Gasteiger partial charge in [-0.1, -0.05) is 83.3 Å². The van der Waals surface area contributed by atoms with Crippen LogP contribution in [0.3, 0.4) is 0 Å². The number of carbonyl (C=O) groups excluding carboxylic acids is 1. The van der Waals surface area contributed by atoms with Gasteiger partial charge in [0.25, 0.3) is 0 Å². The van der Waals surface area contributed by atoms with Crippen LogP contribution in [0.1, 0.15) is 29.5 Å². The number of thioether (sulfide) groups is 1. The second kappa shape index (κ2) is 10.2. The lowest BCUT2D eigenvalue weighted by molar-refractivity contribution is -0.121. The summed E-state index contributed by atoms with van der Waals surface area (Å²) in [5.41, 5.74) is 3.88. The van der Waals surface area contributed by atoms with E-state index in [4.69, 9.17) is 0 Å². The van der Waals surface area contributed by atoms with E-state index in [0.29, 0.717) is 5.13 Å². The first-order valence-electron chi connectivity index (χ1n) is 10.2. The Morgan fingerprint density at radius 3 is 2.63 bits per heavy atom. The van der Waals surface area contributed by atoms with Crippen molar-refractivity contribution >= 4 is 34.1 Å². The molecule has 3 aromatic rings. The highest BCUT2D eigenvalue weighted by molar-refractivity contribution is 8.00. The molecule has 1 fully saturated rings. The number of benzene rings is 2. The third-order valence-corrected chi connectivity index (χ3v) is 7.33. The number of piperidine rings is 1. The topological polar surface area (TPSA) is 58.1 Å². The lowest BCUT2D eigenvalue weighted by Gasteiger charge is -2.31. The van der Waals surface area contributed by atoms with Crippen LogP contribution in [0, 0.1) is 12.8 Å². The highest BCUT2D eigenvalue weighted by Gasteiger charge is 2.25. The second-order valence-corrected chi connectivity index (χ2v) is 9.88. The molecule has 0 atom stereocenters. The molecule has 156 valence electrons. The summed E-state index contributed by atoms with van der Waals surface area (Å²) in [7, 11) is 0. The van der Waals surface area contributed by atoms with E-state index in [1.807, 2.05) is 18.2 Å². The minimum Gasteiger partial charge on any atom is -0.300 e. The largest absolute Gasteiger partial charge is 0.300 e. The normalized spacial score (nSPS) is 15.2. The number of aromatic nitrogens is 2. The van der Waals surface area contributed by atoms with Crippen LogP contribution in [0.2, 0.25) is 0 Å². The van der Waals surface area contributed by atoms with Gasteiger partial charge in [-0.05, 0) is 44.0 Å². The Bertz CT molecular complexity index is 968. The molecule has 0 bridgehead atoms. The summed E-state index contributed by atoms with van der Waals surface area (Å²) < 4.78 is 0.877. The first kappa shape index (κ1) is 21.0. The maximum Gasteiger partial charge on any atom is 0.229 e. The number of hydrogen-bond donors (Lipinski definition) is 1. The van der Waals surface area contributed by atoms with Crippen molar-refractivity contribution in [3.63, 3.8) is 0 Å². The Morgan fingerprint density at radius 1 is 1.10 bits per heavy atom. The van der Waals surface area contributed by atoms with Crippen LogP contribution in [0.25, 0.3) is 0 Å². The summed E-state index contributed by atoms with van der Waals surface area (Å²) in [5.74, 6) is 0.965. The smallest absolute Gasteiger partial charge is 0.229 e. The van der Waals surface area contributed by atoms with Gasteiger partial charge >= 0.3 is 0 Å². The zero-order chi connectivity index (χ0) is 20.8. The van der Waals surface area contributed by atoms with E-state index >= 15 is 0 Å². The third-order valence-electron chi connectivity index (χ3n) is 5.29. The predicted molar refractivity (Wildman–Crippen MR) is 124 cm³/mol. The van der Waals surface area contributed by atoms with E-state index in [2.05, 4.69) is 63.7 Å². The number of nitrogens with zero attached hydrogens (tertiary/aromatic N) is 3. The van der Waals surface area contributed by atoms with Crippen molar-refractivity contribution in [3.05, 3.63) is 71.3 Å². The molecule has 1 aliphatic rings. The van der Waals surface area contributed by atoms with Crippen molar-refractivity contribution in [2.24, 2.45) is 5.92 Å². The Labute approximate surface area is 185 Å². The third kappa shape index (κ3) is 5.90. The maximum atomic E-state index is 12.7. The van der Waals surface area contributed by atoms with E-state index in [1.54, 1.807) is 11.8 Å². The van der Waals surface area contributed by atoms with Crippen molar-refractivity contribution in [3.8, 4) is 0 Å². The number of rotatable bonds is 7. The van der Waals surface area contributed by atoms with Gasteiger partial charge in [-0.2, -0.15) is 0 Å². The SMILES string of the molecule is Cc1cccc(CN2CCC(C(=O)Nc3nnc(SCc4ccccc4)s3)CC2)c1. The van der Waals surface area contributed by atoms with Gasteiger partial charge in [0.1, 0.15) is 0 Å². The number of carbonyl (C=O) groups is 1. The first-order chi connectivity index (χ1) is 14.7. The second-order valence-electron chi connectivity index (χ2n) is 7.68. The Kier molecular flexibility index (Phi) is 7.15. The molecule has 2 aromatic carbocycles. The van der Waals surface area contributed by atoms with Gasteiger partial charge in [0.15, 0.2) is 4.34 Å². The molecule has 2 heterocycles. The molecular formula is C23H26N4OS2. The van der Waals surface area contributed by atoms with Crippen LogP contribution >= 0.6 is 23.1 Å². The fourth-order valence-electron chi connectivity index (χ4n) is 3.67. The van der Waals surface area contributed by atoms with Crippen LogP contribution in [-0.4, -0.2) is 34.1 Å². The van der Waals surface area contributed by atoms with Crippen LogP contribution < -0.4 is 5.32 Å². The monoisotopic (exact) mass is 438 g/mol. The fraction of sp³-hybridized carbons (Fsp3) is 0.348. The van der Waals surface area contributed by atoms with Crippen molar-refractivity contribution in [2.45, 2.75) is 36.4 Å². The molecule has 5 nitrogen and oxygen atoms in total. The molecule has 0 saturated carbocycles. The minimum atomic E-state index is 0.0445. The van der Waals surface area contributed by atoms with E-state index < -0.39 is 0 Å². The molecular weight excluding hydrogens is 412 g/mol. The Morgan fingerprint density at radius 2 is 1.87 bits per heavy atom. The summed E-state index contributed by atoms with van der Waals surface area (Å²) in [6.07, 6.45) is 1.76. The first-order valence-corrected chi connectivity index (χ1v) is 12.0. The number of aryl methyl sites for hydroxylation is 1. The minimum absolute atomic E-state index is 0.0445. The predicted octanol–water partition coefficient (Wildman–Crippen LogP) is 4.99.